The van der Waals surface area contributed by atoms with Crippen LogP contribution in [-0.4, -0.2) is 22.6 Å². The molecule has 4 heteroatoms. The molecule has 3 rings (SSSR count). The largest absolute Gasteiger partial charge is 0.317 e. The van der Waals surface area contributed by atoms with E-state index in [0.29, 0.717) is 0 Å². The first kappa shape index (κ1) is 12.7. The smallest absolute Gasteiger partial charge is 0.0992 e. The zero-order valence-corrected chi connectivity index (χ0v) is 11.6. The van der Waals surface area contributed by atoms with Crippen LogP contribution in [0.3, 0.4) is 0 Å². The summed E-state index contributed by atoms with van der Waals surface area (Å²) < 4.78 is 1.94. The van der Waals surface area contributed by atoms with Crippen molar-refractivity contribution in [3.05, 3.63) is 47.5 Å². The van der Waals surface area contributed by atoms with Crippen molar-refractivity contribution in [2.45, 2.75) is 19.3 Å². The first-order valence-electron chi connectivity index (χ1n) is 6.80. The van der Waals surface area contributed by atoms with Gasteiger partial charge in [-0.05, 0) is 56.0 Å². The third-order valence-corrected chi connectivity index (χ3v) is 4.08. The number of hydrogen-bond donors (Lipinski definition) is 1. The molecular formula is C15H18ClN3. The molecule has 2 aromatic rings. The van der Waals surface area contributed by atoms with Gasteiger partial charge in [-0.1, -0.05) is 17.7 Å². The third kappa shape index (κ3) is 2.99. The molecule has 0 bridgehead atoms. The molecule has 0 spiro atoms. The molecular weight excluding hydrogens is 258 g/mol. The molecule has 0 amide bonds. The predicted octanol–water partition coefficient (Wildman–Crippen LogP) is 3.07. The number of rotatable bonds is 3. The Morgan fingerprint density at radius 3 is 2.84 bits per heavy atom. The van der Waals surface area contributed by atoms with Crippen LogP contribution < -0.4 is 5.32 Å². The number of nitrogens with zero attached hydrogens (tertiary/aromatic N) is 2. The molecule has 3 nitrogen and oxygen atoms in total. The van der Waals surface area contributed by atoms with E-state index in [1.165, 1.54) is 18.4 Å². The first-order chi connectivity index (χ1) is 9.33. The Morgan fingerprint density at radius 1 is 1.32 bits per heavy atom. The van der Waals surface area contributed by atoms with Crippen LogP contribution in [0.4, 0.5) is 0 Å². The second-order valence-electron chi connectivity index (χ2n) is 5.15. The Labute approximate surface area is 118 Å². The van der Waals surface area contributed by atoms with Crippen LogP contribution >= 0.6 is 11.6 Å². The van der Waals surface area contributed by atoms with Crippen molar-refractivity contribution < 1.29 is 0 Å². The van der Waals surface area contributed by atoms with Gasteiger partial charge < -0.3 is 9.88 Å². The van der Waals surface area contributed by atoms with Gasteiger partial charge >= 0.3 is 0 Å². The van der Waals surface area contributed by atoms with Crippen LogP contribution in [0, 0.1) is 5.92 Å². The van der Waals surface area contributed by atoms with Crippen LogP contribution in [0.25, 0.3) is 5.69 Å². The highest BCUT2D eigenvalue weighted by molar-refractivity contribution is 6.32. The van der Waals surface area contributed by atoms with E-state index in [1.54, 1.807) is 12.5 Å². The van der Waals surface area contributed by atoms with Gasteiger partial charge in [0.1, 0.15) is 0 Å². The number of nitrogens with one attached hydrogen (secondary N) is 1. The van der Waals surface area contributed by atoms with Gasteiger partial charge in [-0.15, -0.1) is 0 Å². The minimum Gasteiger partial charge on any atom is -0.317 e. The molecule has 1 aliphatic heterocycles. The summed E-state index contributed by atoms with van der Waals surface area (Å²) in [7, 11) is 0. The van der Waals surface area contributed by atoms with E-state index in [4.69, 9.17) is 11.6 Å². The molecule has 0 unspecified atom stereocenters. The van der Waals surface area contributed by atoms with Crippen LogP contribution in [0.15, 0.2) is 36.9 Å². The average molecular weight is 276 g/mol. The summed E-state index contributed by atoms with van der Waals surface area (Å²) in [4.78, 5) is 4.05. The van der Waals surface area contributed by atoms with Crippen molar-refractivity contribution >= 4 is 11.6 Å². The van der Waals surface area contributed by atoms with Crippen LogP contribution in [0.1, 0.15) is 18.4 Å². The zero-order valence-electron chi connectivity index (χ0n) is 10.8. The van der Waals surface area contributed by atoms with Crippen molar-refractivity contribution in [3.63, 3.8) is 0 Å². The molecule has 1 aromatic carbocycles. The third-order valence-electron chi connectivity index (χ3n) is 3.78. The molecule has 1 fully saturated rings. The highest BCUT2D eigenvalue weighted by atomic mass is 35.5. The van der Waals surface area contributed by atoms with E-state index in [9.17, 15) is 0 Å². The van der Waals surface area contributed by atoms with E-state index in [0.717, 1.165) is 36.1 Å². The fourth-order valence-electron chi connectivity index (χ4n) is 2.71. The van der Waals surface area contributed by atoms with E-state index >= 15 is 0 Å². The second-order valence-corrected chi connectivity index (χ2v) is 5.56. The molecule has 0 radical (unpaired) electrons. The van der Waals surface area contributed by atoms with E-state index < -0.39 is 0 Å². The Balaban J connectivity index is 1.75. The lowest BCUT2D eigenvalue weighted by atomic mass is 9.91. The number of halogens is 1. The summed E-state index contributed by atoms with van der Waals surface area (Å²) in [6.07, 6.45) is 9.11. The van der Waals surface area contributed by atoms with Gasteiger partial charge in [0, 0.05) is 12.4 Å². The minimum atomic E-state index is 0.788. The predicted molar refractivity (Wildman–Crippen MR) is 77.9 cm³/mol. The van der Waals surface area contributed by atoms with Gasteiger partial charge in [0.2, 0.25) is 0 Å². The Hall–Kier alpha value is -1.32. The van der Waals surface area contributed by atoms with Crippen molar-refractivity contribution in [2.24, 2.45) is 5.92 Å². The molecule has 2 heterocycles. The Kier molecular flexibility index (Phi) is 3.85. The number of hydrogen-bond acceptors (Lipinski definition) is 2. The summed E-state index contributed by atoms with van der Waals surface area (Å²) in [5.74, 6) is 0.788. The van der Waals surface area contributed by atoms with Crippen molar-refractivity contribution in [3.8, 4) is 5.69 Å². The maximum Gasteiger partial charge on any atom is 0.0992 e. The van der Waals surface area contributed by atoms with Crippen LogP contribution in [0.5, 0.6) is 0 Å². The topological polar surface area (TPSA) is 29.9 Å². The van der Waals surface area contributed by atoms with Gasteiger partial charge in [0.25, 0.3) is 0 Å². The summed E-state index contributed by atoms with van der Waals surface area (Å²) in [5, 5.41) is 4.20. The molecule has 0 saturated carbocycles. The highest BCUT2D eigenvalue weighted by Crippen LogP contribution is 2.25. The van der Waals surface area contributed by atoms with Crippen LogP contribution in [-0.2, 0) is 6.42 Å². The van der Waals surface area contributed by atoms with Crippen LogP contribution in [0.2, 0.25) is 5.02 Å². The normalized spacial score (nSPS) is 16.7. The summed E-state index contributed by atoms with van der Waals surface area (Å²) in [5.41, 5.74) is 2.33. The lowest BCUT2D eigenvalue weighted by Crippen LogP contribution is -2.28. The summed E-state index contributed by atoms with van der Waals surface area (Å²) in [6, 6.07) is 6.36. The number of benzene rings is 1. The lowest BCUT2D eigenvalue weighted by Gasteiger charge is -2.22. The van der Waals surface area contributed by atoms with Crippen molar-refractivity contribution in [1.82, 2.24) is 14.9 Å². The maximum atomic E-state index is 6.38. The quantitative estimate of drug-likeness (QED) is 0.933. The minimum absolute atomic E-state index is 0.788. The number of imidazole rings is 1. The molecule has 100 valence electrons. The summed E-state index contributed by atoms with van der Waals surface area (Å²) >= 11 is 6.38. The van der Waals surface area contributed by atoms with Gasteiger partial charge in [-0.2, -0.15) is 0 Å². The zero-order chi connectivity index (χ0) is 13.1. The van der Waals surface area contributed by atoms with Gasteiger partial charge in [0.05, 0.1) is 17.0 Å². The highest BCUT2D eigenvalue weighted by Gasteiger charge is 2.14. The molecule has 0 aliphatic carbocycles. The first-order valence-corrected chi connectivity index (χ1v) is 7.18. The monoisotopic (exact) mass is 275 g/mol. The van der Waals surface area contributed by atoms with E-state index in [1.807, 2.05) is 10.8 Å². The number of aromatic nitrogens is 2. The average Bonchev–Trinajstić information content (AvgIpc) is 2.94. The molecule has 1 N–H and O–H groups in total. The lowest BCUT2D eigenvalue weighted by molar-refractivity contribution is 0.372. The molecule has 1 aromatic heterocycles. The maximum absolute atomic E-state index is 6.38. The molecule has 0 atom stereocenters. The molecule has 1 aliphatic rings. The van der Waals surface area contributed by atoms with Crippen molar-refractivity contribution in [1.29, 1.82) is 0 Å². The fourth-order valence-corrected chi connectivity index (χ4v) is 3.01. The van der Waals surface area contributed by atoms with Gasteiger partial charge in [0.15, 0.2) is 0 Å². The fraction of sp³-hybridized carbons (Fsp3) is 0.400. The van der Waals surface area contributed by atoms with Crippen molar-refractivity contribution in [2.75, 3.05) is 13.1 Å². The molecule has 19 heavy (non-hydrogen) atoms. The Bertz CT molecular complexity index is 530. The standard InChI is InChI=1S/C15H18ClN3/c16-14-10-13(9-12-3-5-17-6-4-12)1-2-15(14)19-8-7-18-11-19/h1-2,7-8,10-12,17H,3-6,9H2. The molecule has 1 saturated heterocycles. The number of piperidine rings is 1. The summed E-state index contributed by atoms with van der Waals surface area (Å²) in [6.45, 7) is 2.29. The van der Waals surface area contributed by atoms with E-state index in [-0.39, 0.29) is 0 Å². The Morgan fingerprint density at radius 2 is 2.16 bits per heavy atom. The van der Waals surface area contributed by atoms with Gasteiger partial charge in [-0.3, -0.25) is 0 Å². The SMILES string of the molecule is Clc1cc(CC2CCNCC2)ccc1-n1ccnc1. The van der Waals surface area contributed by atoms with E-state index in [2.05, 4.69) is 28.5 Å². The second kappa shape index (κ2) is 5.76. The van der Waals surface area contributed by atoms with Gasteiger partial charge in [-0.25, -0.2) is 4.98 Å².